The lowest BCUT2D eigenvalue weighted by molar-refractivity contribution is -0.122. The number of carbonyl (C=O) groups is 2. The molecule has 0 rings (SSSR count). The Morgan fingerprint density at radius 2 is 0.355 bits per heavy atom. The van der Waals surface area contributed by atoms with Gasteiger partial charge in [-0.25, -0.2) is 0 Å². The topological polar surface area (TPSA) is 58.2 Å². The molecule has 4 heteroatoms. The number of unbranched alkanes of at least 4 members (excludes halogenated alkanes) is 47. The van der Waals surface area contributed by atoms with Crippen molar-refractivity contribution in [2.24, 2.45) is 0 Å². The second-order valence-electron chi connectivity index (χ2n) is 20.2. The summed E-state index contributed by atoms with van der Waals surface area (Å²) in [5, 5.41) is 6.32. The van der Waals surface area contributed by atoms with Crippen LogP contribution in [0.5, 0.6) is 0 Å². The highest BCUT2D eigenvalue weighted by Gasteiger charge is 2.03. The fraction of sp³-hybridized carbons (Fsp3) is 0.966. The zero-order chi connectivity index (χ0) is 44.8. The van der Waals surface area contributed by atoms with Crippen LogP contribution in [0, 0.1) is 0 Å². The van der Waals surface area contributed by atoms with Gasteiger partial charge >= 0.3 is 0 Å². The Labute approximate surface area is 391 Å². The van der Waals surface area contributed by atoms with Crippen molar-refractivity contribution in [2.45, 2.75) is 348 Å². The van der Waals surface area contributed by atoms with Crippen LogP contribution in [0.4, 0.5) is 0 Å². The van der Waals surface area contributed by atoms with Gasteiger partial charge in [0.2, 0.25) is 11.8 Å². The van der Waals surface area contributed by atoms with E-state index in [0.717, 1.165) is 51.6 Å². The summed E-state index contributed by atoms with van der Waals surface area (Å²) in [4.78, 5) is 24.4. The Morgan fingerprint density at radius 1 is 0.210 bits per heavy atom. The molecule has 0 aromatic carbocycles. The zero-order valence-corrected chi connectivity index (χ0v) is 43.0. The Kier molecular flexibility index (Phi) is 55.1. The van der Waals surface area contributed by atoms with Crippen LogP contribution in [-0.2, 0) is 9.59 Å². The highest BCUT2D eigenvalue weighted by molar-refractivity contribution is 5.76. The lowest BCUT2D eigenvalue weighted by Crippen LogP contribution is -2.23. The fourth-order valence-corrected chi connectivity index (χ4v) is 9.38. The molecule has 0 bridgehead atoms. The molecule has 0 aliphatic carbocycles. The molecule has 0 aromatic rings. The van der Waals surface area contributed by atoms with E-state index in [-0.39, 0.29) is 11.8 Å². The van der Waals surface area contributed by atoms with Gasteiger partial charge in [-0.3, -0.25) is 9.59 Å². The molecule has 2 amide bonds. The van der Waals surface area contributed by atoms with E-state index in [9.17, 15) is 9.59 Å². The highest BCUT2D eigenvalue weighted by atomic mass is 16.2. The first-order valence-corrected chi connectivity index (χ1v) is 29.2. The molecular formula is C58H116N2O2. The van der Waals surface area contributed by atoms with Crippen molar-refractivity contribution in [1.82, 2.24) is 10.6 Å². The molecule has 4 nitrogen and oxygen atoms in total. The minimum Gasteiger partial charge on any atom is -0.356 e. The molecule has 0 aliphatic rings. The second kappa shape index (κ2) is 56.1. The number of amides is 2. The van der Waals surface area contributed by atoms with E-state index in [1.54, 1.807) is 0 Å². The monoisotopic (exact) mass is 873 g/mol. The average molecular weight is 874 g/mol. The molecule has 2 N–H and O–H groups in total. The SMILES string of the molecule is CCCCCCCCCCCCCCCCCCNC(=O)CCCCCCCCCCCCCCCCCCCCC(=O)NCCCCCCCCCCCCCCCCCC. The average Bonchev–Trinajstić information content (AvgIpc) is 3.27. The van der Waals surface area contributed by atoms with Gasteiger partial charge in [0.15, 0.2) is 0 Å². The standard InChI is InChI=1S/C58H116N2O2/c1-3-5-7-9-11-13-15-17-19-27-31-35-39-43-47-51-55-59-57(61)53-49-45-41-37-33-29-25-23-21-22-24-26-30-34-38-42-46-50-54-58(62)60-56-52-48-44-40-36-32-28-20-18-16-14-12-10-8-6-4-2/h3-56H2,1-2H3,(H,59,61)(H,60,62). The van der Waals surface area contributed by atoms with Gasteiger partial charge in [0.1, 0.15) is 0 Å². The molecule has 0 unspecified atom stereocenters. The van der Waals surface area contributed by atoms with Crippen molar-refractivity contribution in [2.75, 3.05) is 13.1 Å². The van der Waals surface area contributed by atoms with Crippen molar-refractivity contribution in [3.8, 4) is 0 Å². The Bertz CT molecular complexity index is 777. The van der Waals surface area contributed by atoms with Crippen molar-refractivity contribution in [3.05, 3.63) is 0 Å². The van der Waals surface area contributed by atoms with Crippen LogP contribution < -0.4 is 10.6 Å². The lowest BCUT2D eigenvalue weighted by Gasteiger charge is -2.06. The quantitative estimate of drug-likeness (QED) is 0.0598. The summed E-state index contributed by atoms with van der Waals surface area (Å²) < 4.78 is 0. The van der Waals surface area contributed by atoms with Gasteiger partial charge in [0.25, 0.3) is 0 Å². The maximum absolute atomic E-state index is 12.2. The molecule has 0 aromatic heterocycles. The van der Waals surface area contributed by atoms with E-state index in [1.165, 1.54) is 295 Å². The summed E-state index contributed by atoms with van der Waals surface area (Å²) in [7, 11) is 0. The zero-order valence-electron chi connectivity index (χ0n) is 43.0. The summed E-state index contributed by atoms with van der Waals surface area (Å²) in [6, 6.07) is 0. The largest absolute Gasteiger partial charge is 0.356 e. The van der Waals surface area contributed by atoms with E-state index in [1.807, 2.05) is 0 Å². The van der Waals surface area contributed by atoms with Gasteiger partial charge in [-0.1, -0.05) is 309 Å². The minimum atomic E-state index is 0.272. The molecule has 62 heavy (non-hydrogen) atoms. The van der Waals surface area contributed by atoms with Crippen LogP contribution in [0.2, 0.25) is 0 Å². The van der Waals surface area contributed by atoms with Gasteiger partial charge in [-0.05, 0) is 25.7 Å². The van der Waals surface area contributed by atoms with Crippen LogP contribution in [0.3, 0.4) is 0 Å². The van der Waals surface area contributed by atoms with Gasteiger partial charge in [0, 0.05) is 25.9 Å². The summed E-state index contributed by atoms with van der Waals surface area (Å²) >= 11 is 0. The smallest absolute Gasteiger partial charge is 0.219 e. The third-order valence-electron chi connectivity index (χ3n) is 13.8. The normalized spacial score (nSPS) is 11.5. The van der Waals surface area contributed by atoms with Gasteiger partial charge in [-0.15, -0.1) is 0 Å². The first-order chi connectivity index (χ1) is 30.7. The summed E-state index contributed by atoms with van der Waals surface area (Å²) in [5.41, 5.74) is 0. The molecule has 0 aliphatic heterocycles. The first-order valence-electron chi connectivity index (χ1n) is 29.2. The molecule has 0 fully saturated rings. The first kappa shape index (κ1) is 60.9. The number of hydrogen-bond acceptors (Lipinski definition) is 2. The van der Waals surface area contributed by atoms with Crippen molar-refractivity contribution < 1.29 is 9.59 Å². The number of nitrogens with one attached hydrogen (secondary N) is 2. The maximum Gasteiger partial charge on any atom is 0.219 e. The van der Waals surface area contributed by atoms with Crippen LogP contribution in [0.15, 0.2) is 0 Å². The van der Waals surface area contributed by atoms with E-state index in [2.05, 4.69) is 24.5 Å². The summed E-state index contributed by atoms with van der Waals surface area (Å²) in [6.07, 6.45) is 69.8. The number of carbonyl (C=O) groups excluding carboxylic acids is 2. The molecule has 0 atom stereocenters. The second-order valence-corrected chi connectivity index (χ2v) is 20.2. The van der Waals surface area contributed by atoms with E-state index in [0.29, 0.717) is 0 Å². The fourth-order valence-electron chi connectivity index (χ4n) is 9.38. The molecule has 370 valence electrons. The van der Waals surface area contributed by atoms with E-state index < -0.39 is 0 Å². The predicted molar refractivity (Wildman–Crippen MR) is 277 cm³/mol. The third kappa shape index (κ3) is 55.1. The molecule has 0 saturated carbocycles. The highest BCUT2D eigenvalue weighted by Crippen LogP contribution is 2.17. The van der Waals surface area contributed by atoms with E-state index >= 15 is 0 Å². The third-order valence-corrected chi connectivity index (χ3v) is 13.8. The van der Waals surface area contributed by atoms with E-state index in [4.69, 9.17) is 0 Å². The molecular weight excluding hydrogens is 757 g/mol. The Hall–Kier alpha value is -1.06. The summed E-state index contributed by atoms with van der Waals surface area (Å²) in [5.74, 6) is 0.545. The van der Waals surface area contributed by atoms with Gasteiger partial charge in [-0.2, -0.15) is 0 Å². The minimum absolute atomic E-state index is 0.272. The van der Waals surface area contributed by atoms with Crippen LogP contribution in [0.1, 0.15) is 348 Å². The molecule has 0 spiro atoms. The van der Waals surface area contributed by atoms with Gasteiger partial charge in [0.05, 0.1) is 0 Å². The Balaban J connectivity index is 3.19. The van der Waals surface area contributed by atoms with Crippen molar-refractivity contribution in [3.63, 3.8) is 0 Å². The van der Waals surface area contributed by atoms with Crippen molar-refractivity contribution in [1.29, 1.82) is 0 Å². The number of hydrogen-bond donors (Lipinski definition) is 2. The number of rotatable bonds is 55. The molecule has 0 saturated heterocycles. The van der Waals surface area contributed by atoms with Crippen LogP contribution in [0.25, 0.3) is 0 Å². The molecule has 0 heterocycles. The van der Waals surface area contributed by atoms with Crippen molar-refractivity contribution >= 4 is 11.8 Å². The maximum atomic E-state index is 12.2. The predicted octanol–water partition coefficient (Wildman–Crippen LogP) is 19.5. The Morgan fingerprint density at radius 3 is 0.532 bits per heavy atom. The van der Waals surface area contributed by atoms with Crippen LogP contribution in [-0.4, -0.2) is 24.9 Å². The molecule has 0 radical (unpaired) electrons. The lowest BCUT2D eigenvalue weighted by atomic mass is 10.0. The van der Waals surface area contributed by atoms with Gasteiger partial charge < -0.3 is 10.6 Å². The van der Waals surface area contributed by atoms with Crippen LogP contribution >= 0.6 is 0 Å². The summed E-state index contributed by atoms with van der Waals surface area (Å²) in [6.45, 7) is 6.34.